The molecule has 2 rings (SSSR count). The molecule has 0 radical (unpaired) electrons. The molecule has 0 aliphatic carbocycles. The number of benzene rings is 2. The second-order valence-electron chi connectivity index (χ2n) is 4.83. The molecular weight excluding hydrogens is 234 g/mol. The Kier molecular flexibility index (Phi) is 4.58. The van der Waals surface area contributed by atoms with E-state index in [0.29, 0.717) is 0 Å². The van der Waals surface area contributed by atoms with Crippen LogP contribution in [0.1, 0.15) is 29.7 Å². The van der Waals surface area contributed by atoms with Gasteiger partial charge in [0.15, 0.2) is 0 Å². The van der Waals surface area contributed by atoms with E-state index in [-0.39, 0.29) is 6.04 Å². The van der Waals surface area contributed by atoms with Crippen molar-refractivity contribution in [3.8, 4) is 5.75 Å². The minimum atomic E-state index is 0.261. The van der Waals surface area contributed by atoms with Crippen molar-refractivity contribution in [3.63, 3.8) is 0 Å². The molecule has 0 spiro atoms. The summed E-state index contributed by atoms with van der Waals surface area (Å²) < 4.78 is 5.40. The first-order valence-corrected chi connectivity index (χ1v) is 6.62. The Morgan fingerprint density at radius 1 is 1.11 bits per heavy atom. The van der Waals surface area contributed by atoms with Crippen molar-refractivity contribution in [1.29, 1.82) is 0 Å². The van der Waals surface area contributed by atoms with E-state index >= 15 is 0 Å². The molecule has 0 aliphatic heterocycles. The molecule has 0 aliphatic rings. The van der Waals surface area contributed by atoms with Gasteiger partial charge in [0.1, 0.15) is 5.75 Å². The number of nitrogens with one attached hydrogen (secondary N) is 1. The third-order valence-electron chi connectivity index (χ3n) is 3.30. The predicted octanol–water partition coefficient (Wildman–Crippen LogP) is 3.85. The van der Waals surface area contributed by atoms with Gasteiger partial charge in [-0.05, 0) is 25.5 Å². The van der Waals surface area contributed by atoms with Crippen LogP contribution in [0, 0.1) is 6.92 Å². The van der Waals surface area contributed by atoms with Gasteiger partial charge >= 0.3 is 0 Å². The highest BCUT2D eigenvalue weighted by Gasteiger charge is 2.09. The Bertz CT molecular complexity index is 536. The topological polar surface area (TPSA) is 21.3 Å². The lowest BCUT2D eigenvalue weighted by atomic mass is 10.1. The van der Waals surface area contributed by atoms with Crippen molar-refractivity contribution in [3.05, 3.63) is 65.2 Å². The molecule has 0 fully saturated rings. The van der Waals surface area contributed by atoms with Crippen LogP contribution in [0.2, 0.25) is 0 Å². The summed E-state index contributed by atoms with van der Waals surface area (Å²) in [6.45, 7) is 5.14. The minimum absolute atomic E-state index is 0.261. The molecule has 2 nitrogen and oxygen atoms in total. The van der Waals surface area contributed by atoms with Gasteiger partial charge in [-0.3, -0.25) is 0 Å². The van der Waals surface area contributed by atoms with Crippen molar-refractivity contribution in [2.24, 2.45) is 0 Å². The Hall–Kier alpha value is -1.80. The first-order valence-electron chi connectivity index (χ1n) is 6.62. The van der Waals surface area contributed by atoms with Crippen LogP contribution in [-0.4, -0.2) is 7.11 Å². The third kappa shape index (κ3) is 3.58. The van der Waals surface area contributed by atoms with Gasteiger partial charge in [-0.25, -0.2) is 0 Å². The van der Waals surface area contributed by atoms with Gasteiger partial charge in [-0.15, -0.1) is 0 Å². The van der Waals surface area contributed by atoms with E-state index in [4.69, 9.17) is 4.74 Å². The average Bonchev–Trinajstić information content (AvgIpc) is 2.45. The van der Waals surface area contributed by atoms with Crippen molar-refractivity contribution in [2.45, 2.75) is 26.4 Å². The molecule has 1 atom stereocenters. The summed E-state index contributed by atoms with van der Waals surface area (Å²) in [6, 6.07) is 17.0. The number of aryl methyl sites for hydroxylation is 1. The van der Waals surface area contributed by atoms with Gasteiger partial charge in [-0.2, -0.15) is 0 Å². The minimum Gasteiger partial charge on any atom is -0.496 e. The highest BCUT2D eigenvalue weighted by Crippen LogP contribution is 2.24. The van der Waals surface area contributed by atoms with E-state index in [9.17, 15) is 0 Å². The van der Waals surface area contributed by atoms with E-state index in [1.807, 2.05) is 18.2 Å². The lowest BCUT2D eigenvalue weighted by Crippen LogP contribution is -2.18. The zero-order valence-corrected chi connectivity index (χ0v) is 11.8. The monoisotopic (exact) mass is 255 g/mol. The van der Waals surface area contributed by atoms with Crippen molar-refractivity contribution >= 4 is 0 Å². The Morgan fingerprint density at radius 3 is 2.63 bits per heavy atom. The van der Waals surface area contributed by atoms with Crippen LogP contribution in [0.4, 0.5) is 0 Å². The fraction of sp³-hybridized carbons (Fsp3) is 0.294. The van der Waals surface area contributed by atoms with Gasteiger partial charge in [-0.1, -0.05) is 48.0 Å². The van der Waals surface area contributed by atoms with Crippen LogP contribution >= 0.6 is 0 Å². The quantitative estimate of drug-likeness (QED) is 0.876. The van der Waals surface area contributed by atoms with Crippen LogP contribution in [0.5, 0.6) is 5.75 Å². The number of ether oxygens (including phenoxy) is 1. The van der Waals surface area contributed by atoms with Gasteiger partial charge in [0.2, 0.25) is 0 Å². The van der Waals surface area contributed by atoms with E-state index in [2.05, 4.69) is 49.5 Å². The smallest absolute Gasteiger partial charge is 0.123 e. The third-order valence-corrected chi connectivity index (χ3v) is 3.30. The van der Waals surface area contributed by atoms with Crippen LogP contribution in [0.15, 0.2) is 48.5 Å². The van der Waals surface area contributed by atoms with E-state index in [1.54, 1.807) is 7.11 Å². The molecule has 0 saturated heterocycles. The van der Waals surface area contributed by atoms with Crippen LogP contribution < -0.4 is 10.1 Å². The first-order chi connectivity index (χ1) is 9.20. The van der Waals surface area contributed by atoms with Crippen molar-refractivity contribution in [1.82, 2.24) is 5.32 Å². The molecule has 0 saturated carbocycles. The number of para-hydroxylation sites is 1. The Labute approximate surface area is 115 Å². The summed E-state index contributed by atoms with van der Waals surface area (Å²) in [4.78, 5) is 0. The zero-order valence-electron chi connectivity index (χ0n) is 11.8. The van der Waals surface area contributed by atoms with E-state index in [1.165, 1.54) is 16.7 Å². The molecule has 0 heterocycles. The molecule has 0 aromatic heterocycles. The molecule has 100 valence electrons. The average molecular weight is 255 g/mol. The normalized spacial score (nSPS) is 12.2. The Morgan fingerprint density at radius 2 is 1.89 bits per heavy atom. The van der Waals surface area contributed by atoms with Crippen LogP contribution in [0.25, 0.3) is 0 Å². The molecule has 2 aromatic carbocycles. The standard InChI is InChI=1S/C17H21NO/c1-13-7-6-8-15(11-13)12-18-14(2)16-9-4-5-10-17(16)19-3/h4-11,14,18H,12H2,1-3H3/t14-/m1/s1. The molecule has 2 heteroatoms. The number of methoxy groups -OCH3 is 1. The van der Waals surface area contributed by atoms with E-state index in [0.717, 1.165) is 12.3 Å². The van der Waals surface area contributed by atoms with Crippen LogP contribution in [0.3, 0.4) is 0 Å². The Balaban J connectivity index is 2.03. The maximum atomic E-state index is 5.40. The van der Waals surface area contributed by atoms with Crippen molar-refractivity contribution < 1.29 is 4.74 Å². The maximum Gasteiger partial charge on any atom is 0.123 e. The molecular formula is C17H21NO. The molecule has 0 unspecified atom stereocenters. The highest BCUT2D eigenvalue weighted by atomic mass is 16.5. The van der Waals surface area contributed by atoms with E-state index < -0.39 is 0 Å². The fourth-order valence-corrected chi connectivity index (χ4v) is 2.23. The lowest BCUT2D eigenvalue weighted by Gasteiger charge is -2.17. The van der Waals surface area contributed by atoms with Crippen molar-refractivity contribution in [2.75, 3.05) is 7.11 Å². The molecule has 2 aromatic rings. The molecule has 19 heavy (non-hydrogen) atoms. The summed E-state index contributed by atoms with van der Waals surface area (Å²) in [5.74, 6) is 0.937. The van der Waals surface area contributed by atoms with Gasteiger partial charge < -0.3 is 10.1 Å². The fourth-order valence-electron chi connectivity index (χ4n) is 2.23. The first kappa shape index (κ1) is 13.6. The number of hydrogen-bond acceptors (Lipinski definition) is 2. The summed E-state index contributed by atoms with van der Waals surface area (Å²) >= 11 is 0. The predicted molar refractivity (Wildman–Crippen MR) is 79.4 cm³/mol. The second-order valence-corrected chi connectivity index (χ2v) is 4.83. The van der Waals surface area contributed by atoms with Gasteiger partial charge in [0.05, 0.1) is 7.11 Å². The number of hydrogen-bond donors (Lipinski definition) is 1. The SMILES string of the molecule is COc1ccccc1[C@@H](C)NCc1cccc(C)c1. The zero-order chi connectivity index (χ0) is 13.7. The van der Waals surface area contributed by atoms with Gasteiger partial charge in [0, 0.05) is 18.2 Å². The summed E-state index contributed by atoms with van der Waals surface area (Å²) in [7, 11) is 1.71. The highest BCUT2D eigenvalue weighted by molar-refractivity contribution is 5.35. The lowest BCUT2D eigenvalue weighted by molar-refractivity contribution is 0.401. The summed E-state index contributed by atoms with van der Waals surface area (Å²) in [5, 5.41) is 3.54. The summed E-state index contributed by atoms with van der Waals surface area (Å²) in [5.41, 5.74) is 3.80. The number of rotatable bonds is 5. The molecule has 0 amide bonds. The van der Waals surface area contributed by atoms with Gasteiger partial charge in [0.25, 0.3) is 0 Å². The van der Waals surface area contributed by atoms with Crippen LogP contribution in [-0.2, 0) is 6.54 Å². The summed E-state index contributed by atoms with van der Waals surface area (Å²) in [6.07, 6.45) is 0. The molecule has 1 N–H and O–H groups in total. The largest absolute Gasteiger partial charge is 0.496 e. The maximum absolute atomic E-state index is 5.40. The molecule has 0 bridgehead atoms. The second kappa shape index (κ2) is 6.39.